The fraction of sp³-hybridized carbons (Fsp3) is 0.882. The Morgan fingerprint density at radius 2 is 1.92 bits per heavy atom. The minimum Gasteiger partial charge on any atom is -0.469 e. The number of aliphatic imine (C=N–C) groups is 1. The first-order valence-electron chi connectivity index (χ1n) is 9.08. The third-order valence-electron chi connectivity index (χ3n) is 4.83. The number of likely N-dealkylation sites (tertiary alicyclic amines) is 1. The van der Waals surface area contributed by atoms with Crippen LogP contribution < -0.4 is 5.32 Å². The molecule has 7 heteroatoms. The molecular formula is C17H32N4O3. The summed E-state index contributed by atoms with van der Waals surface area (Å²) < 4.78 is 10.2. The van der Waals surface area contributed by atoms with E-state index in [0.717, 1.165) is 77.7 Å². The molecule has 138 valence electrons. The number of ether oxygens (including phenoxy) is 2. The van der Waals surface area contributed by atoms with Crippen LogP contribution in [0.2, 0.25) is 0 Å². The molecule has 0 aromatic rings. The van der Waals surface area contributed by atoms with Gasteiger partial charge >= 0.3 is 5.97 Å². The van der Waals surface area contributed by atoms with Crippen molar-refractivity contribution >= 4 is 11.9 Å². The van der Waals surface area contributed by atoms with E-state index in [0.29, 0.717) is 0 Å². The minimum atomic E-state index is -0.0827. The van der Waals surface area contributed by atoms with E-state index in [4.69, 9.17) is 9.47 Å². The number of morpholine rings is 1. The third kappa shape index (κ3) is 5.94. The number of hydrogen-bond acceptors (Lipinski definition) is 5. The van der Waals surface area contributed by atoms with Crippen molar-refractivity contribution in [2.75, 3.05) is 66.6 Å². The smallest absolute Gasteiger partial charge is 0.308 e. The van der Waals surface area contributed by atoms with Gasteiger partial charge in [-0.15, -0.1) is 0 Å². The Kier molecular flexibility index (Phi) is 8.32. The summed E-state index contributed by atoms with van der Waals surface area (Å²) in [7, 11) is 3.29. The van der Waals surface area contributed by atoms with Crippen molar-refractivity contribution in [2.24, 2.45) is 10.9 Å². The van der Waals surface area contributed by atoms with E-state index in [1.807, 2.05) is 7.05 Å². The molecule has 7 nitrogen and oxygen atoms in total. The molecule has 0 atom stereocenters. The molecule has 2 fully saturated rings. The molecule has 2 saturated heterocycles. The lowest BCUT2D eigenvalue weighted by Gasteiger charge is -2.33. The molecule has 0 amide bonds. The Hall–Kier alpha value is -1.34. The Balaban J connectivity index is 1.59. The van der Waals surface area contributed by atoms with Gasteiger partial charge < -0.3 is 19.7 Å². The number of piperidine rings is 1. The van der Waals surface area contributed by atoms with Crippen molar-refractivity contribution in [3.8, 4) is 0 Å². The van der Waals surface area contributed by atoms with Gasteiger partial charge in [0.15, 0.2) is 5.96 Å². The minimum absolute atomic E-state index is 0.0397. The molecule has 1 N–H and O–H groups in total. The van der Waals surface area contributed by atoms with Crippen molar-refractivity contribution in [3.63, 3.8) is 0 Å². The molecule has 0 aliphatic carbocycles. The lowest BCUT2D eigenvalue weighted by Crippen LogP contribution is -2.47. The number of nitrogens with one attached hydrogen (secondary N) is 1. The van der Waals surface area contributed by atoms with Gasteiger partial charge in [0.05, 0.1) is 26.2 Å². The number of nitrogens with zero attached hydrogens (tertiary/aromatic N) is 3. The second kappa shape index (κ2) is 10.5. The molecule has 0 spiro atoms. The summed E-state index contributed by atoms with van der Waals surface area (Å²) >= 11 is 0. The van der Waals surface area contributed by atoms with Crippen LogP contribution in [0.3, 0.4) is 0 Å². The molecule has 0 bridgehead atoms. The third-order valence-corrected chi connectivity index (χ3v) is 4.83. The molecule has 24 heavy (non-hydrogen) atoms. The van der Waals surface area contributed by atoms with Crippen LogP contribution in [0.4, 0.5) is 0 Å². The van der Waals surface area contributed by atoms with Gasteiger partial charge in [0.2, 0.25) is 0 Å². The number of guanidine groups is 1. The number of rotatable bonds is 6. The second-order valence-electron chi connectivity index (χ2n) is 6.42. The maximum Gasteiger partial charge on any atom is 0.308 e. The number of carbonyl (C=O) groups excluding carboxylic acids is 1. The van der Waals surface area contributed by atoms with Crippen molar-refractivity contribution in [1.29, 1.82) is 0 Å². The molecule has 2 aliphatic heterocycles. The fourth-order valence-corrected chi connectivity index (χ4v) is 3.31. The Morgan fingerprint density at radius 3 is 2.54 bits per heavy atom. The van der Waals surface area contributed by atoms with E-state index in [1.54, 1.807) is 0 Å². The Morgan fingerprint density at radius 1 is 1.21 bits per heavy atom. The highest BCUT2D eigenvalue weighted by atomic mass is 16.5. The average molecular weight is 340 g/mol. The van der Waals surface area contributed by atoms with Crippen LogP contribution in [0.5, 0.6) is 0 Å². The van der Waals surface area contributed by atoms with E-state index in [-0.39, 0.29) is 11.9 Å². The maximum atomic E-state index is 11.6. The van der Waals surface area contributed by atoms with Gasteiger partial charge in [0, 0.05) is 39.8 Å². The van der Waals surface area contributed by atoms with Gasteiger partial charge in [0.1, 0.15) is 0 Å². The highest BCUT2D eigenvalue weighted by Crippen LogP contribution is 2.18. The zero-order chi connectivity index (χ0) is 17.2. The van der Waals surface area contributed by atoms with Crippen molar-refractivity contribution < 1.29 is 14.3 Å². The maximum absolute atomic E-state index is 11.6. The standard InChI is InChI=1S/C17H32N4O3/c1-18-17(21-9-5-15(6-10-21)16(22)23-2)19-7-3-4-8-20-11-13-24-14-12-20/h15H,3-14H2,1-2H3,(H,18,19). The van der Waals surface area contributed by atoms with E-state index >= 15 is 0 Å². The fourth-order valence-electron chi connectivity index (χ4n) is 3.31. The molecule has 2 heterocycles. The van der Waals surface area contributed by atoms with Gasteiger partial charge in [0.25, 0.3) is 0 Å². The number of esters is 1. The summed E-state index contributed by atoms with van der Waals surface area (Å²) in [5.41, 5.74) is 0. The van der Waals surface area contributed by atoms with Gasteiger partial charge in [-0.1, -0.05) is 0 Å². The van der Waals surface area contributed by atoms with Gasteiger partial charge in [-0.3, -0.25) is 14.7 Å². The van der Waals surface area contributed by atoms with Crippen LogP contribution in [0.15, 0.2) is 4.99 Å². The van der Waals surface area contributed by atoms with Crippen molar-refractivity contribution in [3.05, 3.63) is 0 Å². The lowest BCUT2D eigenvalue weighted by molar-refractivity contribution is -0.146. The zero-order valence-corrected chi connectivity index (χ0v) is 15.1. The first-order chi connectivity index (χ1) is 11.7. The monoisotopic (exact) mass is 340 g/mol. The van der Waals surface area contributed by atoms with E-state index in [2.05, 4.69) is 20.1 Å². The van der Waals surface area contributed by atoms with Crippen LogP contribution in [-0.4, -0.2) is 88.4 Å². The van der Waals surface area contributed by atoms with E-state index in [9.17, 15) is 4.79 Å². The molecule has 0 unspecified atom stereocenters. The quantitative estimate of drug-likeness (QED) is 0.330. The number of carbonyl (C=O) groups is 1. The van der Waals surface area contributed by atoms with E-state index in [1.165, 1.54) is 13.5 Å². The van der Waals surface area contributed by atoms with Gasteiger partial charge in [-0.25, -0.2) is 0 Å². The molecule has 2 aliphatic rings. The van der Waals surface area contributed by atoms with Crippen LogP contribution in [0.25, 0.3) is 0 Å². The molecular weight excluding hydrogens is 308 g/mol. The largest absolute Gasteiger partial charge is 0.469 e. The van der Waals surface area contributed by atoms with Gasteiger partial charge in [-0.05, 0) is 32.2 Å². The average Bonchev–Trinajstić information content (AvgIpc) is 2.65. The summed E-state index contributed by atoms with van der Waals surface area (Å²) in [5.74, 6) is 0.906. The van der Waals surface area contributed by atoms with Gasteiger partial charge in [-0.2, -0.15) is 0 Å². The van der Waals surface area contributed by atoms with Crippen molar-refractivity contribution in [2.45, 2.75) is 25.7 Å². The molecule has 0 aromatic carbocycles. The molecule has 0 saturated carbocycles. The molecule has 2 rings (SSSR count). The summed E-state index contributed by atoms with van der Waals surface area (Å²) in [5, 5.41) is 3.45. The van der Waals surface area contributed by atoms with Crippen LogP contribution >= 0.6 is 0 Å². The number of hydrogen-bond donors (Lipinski definition) is 1. The van der Waals surface area contributed by atoms with Crippen LogP contribution in [-0.2, 0) is 14.3 Å². The number of methoxy groups -OCH3 is 1. The lowest BCUT2D eigenvalue weighted by atomic mass is 9.97. The van der Waals surface area contributed by atoms with Crippen LogP contribution in [0, 0.1) is 5.92 Å². The summed E-state index contributed by atoms with van der Waals surface area (Å²) in [6.45, 7) is 7.65. The summed E-state index contributed by atoms with van der Waals surface area (Å²) in [6.07, 6.45) is 4.00. The molecule has 0 aromatic heterocycles. The number of unbranched alkanes of at least 4 members (excludes halogenated alkanes) is 1. The summed E-state index contributed by atoms with van der Waals surface area (Å²) in [4.78, 5) is 20.7. The van der Waals surface area contributed by atoms with Crippen LogP contribution in [0.1, 0.15) is 25.7 Å². The highest BCUT2D eigenvalue weighted by Gasteiger charge is 2.26. The summed E-state index contributed by atoms with van der Waals surface area (Å²) in [6, 6.07) is 0. The highest BCUT2D eigenvalue weighted by molar-refractivity contribution is 5.80. The molecule has 0 radical (unpaired) electrons. The second-order valence-corrected chi connectivity index (χ2v) is 6.42. The first-order valence-corrected chi connectivity index (χ1v) is 9.08. The topological polar surface area (TPSA) is 66.4 Å². The Bertz CT molecular complexity index is 403. The zero-order valence-electron chi connectivity index (χ0n) is 15.1. The SMILES string of the molecule is CN=C(NCCCCN1CCOCC1)N1CCC(C(=O)OC)CC1. The van der Waals surface area contributed by atoms with Crippen molar-refractivity contribution in [1.82, 2.24) is 15.1 Å². The predicted molar refractivity (Wildman–Crippen MR) is 94.2 cm³/mol. The first kappa shape index (κ1) is 19.0. The van der Waals surface area contributed by atoms with E-state index < -0.39 is 0 Å². The Labute approximate surface area is 145 Å². The normalized spacial score (nSPS) is 20.9. The predicted octanol–water partition coefficient (Wildman–Crippen LogP) is 0.559.